The largest absolute Gasteiger partial charge is 0.402 e. The Morgan fingerprint density at radius 1 is 1.48 bits per heavy atom. The lowest BCUT2D eigenvalue weighted by molar-refractivity contribution is -0.0554. The second-order valence-corrected chi connectivity index (χ2v) is 6.75. The standard InChI is InChI=1S/C16H23F2N7OS/c1-2-8(19)6-11(27)25-15-12(14(21)26)22-7-10(24-15)23-9-4-3-5-16(17,18)13(9)20/h6-7,9,13H,2-5,19-20H2,1H3,(H2,21,26)(H2,23,24,25,27)/t9-,13-/m1/s1. The summed E-state index contributed by atoms with van der Waals surface area (Å²) < 4.78 is 27.6. The molecule has 148 valence electrons. The van der Waals surface area contributed by atoms with Gasteiger partial charge in [-0.2, -0.15) is 0 Å². The van der Waals surface area contributed by atoms with Gasteiger partial charge in [0.05, 0.1) is 12.2 Å². The molecular formula is C16H23F2N7OS. The molecule has 0 radical (unpaired) electrons. The van der Waals surface area contributed by atoms with Gasteiger partial charge in [0.15, 0.2) is 11.5 Å². The number of anilines is 2. The van der Waals surface area contributed by atoms with E-state index in [9.17, 15) is 13.6 Å². The molecule has 0 unspecified atom stereocenters. The van der Waals surface area contributed by atoms with Crippen LogP contribution in [0.3, 0.4) is 0 Å². The number of hydrogen-bond acceptors (Lipinski definition) is 7. The fourth-order valence-corrected chi connectivity index (χ4v) is 2.95. The first-order valence-corrected chi connectivity index (χ1v) is 8.88. The smallest absolute Gasteiger partial charge is 0.271 e. The molecule has 0 saturated heterocycles. The van der Waals surface area contributed by atoms with Crippen LogP contribution < -0.4 is 27.8 Å². The van der Waals surface area contributed by atoms with Gasteiger partial charge in [-0.15, -0.1) is 0 Å². The van der Waals surface area contributed by atoms with Crippen LogP contribution in [-0.2, 0) is 0 Å². The van der Waals surface area contributed by atoms with E-state index in [0.717, 1.165) is 0 Å². The molecule has 8 N–H and O–H groups in total. The maximum atomic E-state index is 13.8. The Morgan fingerprint density at radius 2 is 2.19 bits per heavy atom. The first kappa shape index (κ1) is 20.9. The van der Waals surface area contributed by atoms with Gasteiger partial charge in [-0.3, -0.25) is 4.79 Å². The quantitative estimate of drug-likeness (QED) is 0.357. The molecule has 1 aromatic heterocycles. The van der Waals surface area contributed by atoms with Crippen LogP contribution in [0, 0.1) is 0 Å². The van der Waals surface area contributed by atoms with Crippen LogP contribution in [0.15, 0.2) is 18.0 Å². The van der Waals surface area contributed by atoms with E-state index in [0.29, 0.717) is 25.0 Å². The highest BCUT2D eigenvalue weighted by atomic mass is 32.1. The van der Waals surface area contributed by atoms with E-state index < -0.39 is 23.9 Å². The summed E-state index contributed by atoms with van der Waals surface area (Å²) in [5, 5.41) is 5.61. The van der Waals surface area contributed by atoms with Crippen LogP contribution in [0.25, 0.3) is 0 Å². The van der Waals surface area contributed by atoms with Crippen LogP contribution in [0.1, 0.15) is 43.1 Å². The van der Waals surface area contributed by atoms with Gasteiger partial charge in [0, 0.05) is 18.2 Å². The fourth-order valence-electron chi connectivity index (χ4n) is 2.70. The van der Waals surface area contributed by atoms with Crippen molar-refractivity contribution >= 4 is 34.7 Å². The number of nitrogens with zero attached hydrogens (tertiary/aromatic N) is 2. The van der Waals surface area contributed by atoms with Crippen LogP contribution in [-0.4, -0.2) is 38.9 Å². The van der Waals surface area contributed by atoms with Crippen molar-refractivity contribution in [3.05, 3.63) is 23.7 Å². The Kier molecular flexibility index (Phi) is 6.60. The van der Waals surface area contributed by atoms with E-state index in [2.05, 4.69) is 20.6 Å². The molecule has 1 aromatic rings. The number of carbonyl (C=O) groups excluding carboxylic acids is 1. The topological polar surface area (TPSA) is 145 Å². The van der Waals surface area contributed by atoms with Gasteiger partial charge >= 0.3 is 0 Å². The summed E-state index contributed by atoms with van der Waals surface area (Å²) in [4.78, 5) is 19.9. The minimum Gasteiger partial charge on any atom is -0.402 e. The molecule has 0 spiro atoms. The lowest BCUT2D eigenvalue weighted by Crippen LogP contribution is -2.55. The lowest BCUT2D eigenvalue weighted by atomic mass is 9.87. The normalized spacial score (nSPS) is 22.1. The third-order valence-electron chi connectivity index (χ3n) is 4.25. The highest BCUT2D eigenvalue weighted by Gasteiger charge is 2.44. The molecule has 8 nitrogen and oxygen atoms in total. The average molecular weight is 399 g/mol. The number of thiocarbonyl (C=S) groups is 1. The molecular weight excluding hydrogens is 376 g/mol. The summed E-state index contributed by atoms with van der Waals surface area (Å²) in [5.41, 5.74) is 17.1. The number of nitrogens with one attached hydrogen (secondary N) is 2. The number of alkyl halides is 2. The highest BCUT2D eigenvalue weighted by Crippen LogP contribution is 2.33. The van der Waals surface area contributed by atoms with Gasteiger partial charge in [0.25, 0.3) is 11.8 Å². The minimum absolute atomic E-state index is 0.00814. The van der Waals surface area contributed by atoms with Gasteiger partial charge in [-0.1, -0.05) is 19.1 Å². The summed E-state index contributed by atoms with van der Waals surface area (Å²) in [5.74, 6) is -3.58. The number of allylic oxidation sites excluding steroid dienone is 1. The Bertz CT molecular complexity index is 756. The SMILES string of the molecule is CCC(N)=CC(=S)Nc1nc(N[C@@H]2CCCC(F)(F)[C@@H]2N)cnc1C(N)=O. The predicted octanol–water partition coefficient (Wildman–Crippen LogP) is 1.49. The van der Waals surface area contributed by atoms with Gasteiger partial charge in [-0.25, -0.2) is 18.7 Å². The van der Waals surface area contributed by atoms with Crippen LogP contribution >= 0.6 is 12.2 Å². The van der Waals surface area contributed by atoms with E-state index in [1.165, 1.54) is 12.3 Å². The van der Waals surface area contributed by atoms with Crippen LogP contribution in [0.2, 0.25) is 0 Å². The van der Waals surface area contributed by atoms with Crippen molar-refractivity contribution in [2.75, 3.05) is 10.6 Å². The second-order valence-electron chi connectivity index (χ2n) is 6.31. The molecule has 0 aromatic carbocycles. The third kappa shape index (κ3) is 5.30. The lowest BCUT2D eigenvalue weighted by Gasteiger charge is -2.36. The van der Waals surface area contributed by atoms with E-state index in [4.69, 9.17) is 29.4 Å². The van der Waals surface area contributed by atoms with E-state index in [-0.39, 0.29) is 28.7 Å². The van der Waals surface area contributed by atoms with Crippen molar-refractivity contribution in [1.82, 2.24) is 9.97 Å². The van der Waals surface area contributed by atoms with Crippen LogP contribution in [0.5, 0.6) is 0 Å². The average Bonchev–Trinajstić information content (AvgIpc) is 2.58. The summed E-state index contributed by atoms with van der Waals surface area (Å²) in [6, 6.07) is -2.04. The second kappa shape index (κ2) is 8.53. The number of amides is 1. The highest BCUT2D eigenvalue weighted by molar-refractivity contribution is 7.81. The fraction of sp³-hybridized carbons (Fsp3) is 0.500. The molecule has 1 saturated carbocycles. The maximum Gasteiger partial charge on any atom is 0.271 e. The van der Waals surface area contributed by atoms with E-state index in [1.54, 1.807) is 0 Å². The van der Waals surface area contributed by atoms with Gasteiger partial charge in [0.2, 0.25) is 0 Å². The molecule has 1 aliphatic carbocycles. The third-order valence-corrected chi connectivity index (χ3v) is 4.47. The Balaban J connectivity index is 2.24. The van der Waals surface area contributed by atoms with Gasteiger partial charge in [-0.05, 0) is 25.3 Å². The van der Waals surface area contributed by atoms with E-state index >= 15 is 0 Å². The zero-order valence-corrected chi connectivity index (χ0v) is 15.7. The van der Waals surface area contributed by atoms with Crippen molar-refractivity contribution in [3.8, 4) is 0 Å². The van der Waals surface area contributed by atoms with Crippen molar-refractivity contribution in [3.63, 3.8) is 0 Å². The first-order valence-electron chi connectivity index (χ1n) is 8.48. The Morgan fingerprint density at radius 3 is 2.81 bits per heavy atom. The summed E-state index contributed by atoms with van der Waals surface area (Å²) >= 11 is 5.15. The van der Waals surface area contributed by atoms with Crippen molar-refractivity contribution in [1.29, 1.82) is 0 Å². The number of primary amides is 1. The number of aromatic nitrogens is 2. The summed E-state index contributed by atoms with van der Waals surface area (Å²) in [6.45, 7) is 1.86. The number of hydrogen-bond donors (Lipinski definition) is 5. The maximum absolute atomic E-state index is 13.8. The minimum atomic E-state index is -2.96. The molecule has 27 heavy (non-hydrogen) atoms. The molecule has 1 fully saturated rings. The van der Waals surface area contributed by atoms with E-state index in [1.807, 2.05) is 6.92 Å². The zero-order valence-electron chi connectivity index (χ0n) is 14.8. The molecule has 0 aliphatic heterocycles. The Labute approximate surface area is 161 Å². The predicted molar refractivity (Wildman–Crippen MR) is 104 cm³/mol. The van der Waals surface area contributed by atoms with Crippen molar-refractivity contribution in [2.45, 2.75) is 50.6 Å². The molecule has 0 bridgehead atoms. The monoisotopic (exact) mass is 399 g/mol. The van der Waals surface area contributed by atoms with Gasteiger partial charge < -0.3 is 27.8 Å². The Hall–Kier alpha value is -2.40. The number of halogens is 2. The molecule has 11 heteroatoms. The summed E-state index contributed by atoms with van der Waals surface area (Å²) in [7, 11) is 0. The number of nitrogens with two attached hydrogens (primary N) is 3. The molecule has 1 aliphatic rings. The number of rotatable bonds is 6. The van der Waals surface area contributed by atoms with Crippen molar-refractivity contribution < 1.29 is 13.6 Å². The van der Waals surface area contributed by atoms with Gasteiger partial charge in [0.1, 0.15) is 10.8 Å². The molecule has 1 heterocycles. The molecule has 2 rings (SSSR count). The number of carbonyl (C=O) groups is 1. The first-order chi connectivity index (χ1) is 12.6. The summed E-state index contributed by atoms with van der Waals surface area (Å²) in [6.07, 6.45) is 3.90. The van der Waals surface area contributed by atoms with Crippen LogP contribution in [0.4, 0.5) is 20.4 Å². The molecule has 2 atom stereocenters. The zero-order chi connectivity index (χ0) is 20.2. The molecule has 1 amide bonds. The van der Waals surface area contributed by atoms with Crippen molar-refractivity contribution in [2.24, 2.45) is 17.2 Å².